The van der Waals surface area contributed by atoms with Crippen LogP contribution in [0.4, 0.5) is 5.69 Å². The molecule has 0 radical (unpaired) electrons. The zero-order valence-corrected chi connectivity index (χ0v) is 23.1. The Morgan fingerprint density at radius 3 is 2.08 bits per heavy atom. The topological polar surface area (TPSA) is 88.1 Å². The molecule has 0 saturated carbocycles. The second-order valence-corrected chi connectivity index (χ2v) is 11.1. The van der Waals surface area contributed by atoms with Gasteiger partial charge in [0.05, 0.1) is 23.4 Å². The fraction of sp³-hybridized carbons (Fsp3) is 0.125. The molecule has 5 aromatic rings. The molecule has 0 aliphatic carbocycles. The molecule has 1 amide bonds. The number of sulfonamides is 1. The van der Waals surface area contributed by atoms with Crippen molar-refractivity contribution in [1.29, 1.82) is 0 Å². The molecular weight excluding hydrogens is 522 g/mol. The van der Waals surface area contributed by atoms with Crippen LogP contribution in [0.1, 0.15) is 18.1 Å². The van der Waals surface area contributed by atoms with E-state index in [9.17, 15) is 13.2 Å². The van der Waals surface area contributed by atoms with Crippen LogP contribution in [0.5, 0.6) is 5.75 Å². The summed E-state index contributed by atoms with van der Waals surface area (Å²) in [5.74, 6) is -0.00717. The van der Waals surface area contributed by atoms with Gasteiger partial charge in [-0.25, -0.2) is 13.8 Å². The number of benzene rings is 5. The number of carbonyl (C=O) groups excluding carboxylic acids is 1. The normalized spacial score (nSPS) is 11.7. The number of hydrogen-bond donors (Lipinski definition) is 1. The SMILES string of the molecule is CCOc1ccc(S(=O)(=O)N(CC(=O)N/N=C\c2c3ccccc3cc3ccccc23)c2ccc(C)cc2)cc1. The van der Waals surface area contributed by atoms with E-state index in [1.165, 1.54) is 12.1 Å². The van der Waals surface area contributed by atoms with E-state index in [-0.39, 0.29) is 4.90 Å². The minimum absolute atomic E-state index is 0.0510. The molecule has 8 heteroatoms. The Bertz CT molecular complexity index is 1740. The molecular formula is C32H29N3O4S. The third-order valence-corrected chi connectivity index (χ3v) is 8.32. The Balaban J connectivity index is 1.42. The minimum atomic E-state index is -4.06. The van der Waals surface area contributed by atoms with Crippen molar-refractivity contribution < 1.29 is 17.9 Å². The standard InChI is InChI=1S/C32H29N3O4S/c1-3-39-27-16-18-28(19-17-27)40(37,38)35(26-14-12-23(2)13-15-26)22-32(36)34-33-21-31-29-10-6-4-8-24(29)20-25-9-5-7-11-30(25)31/h4-21H,3,22H2,1-2H3,(H,34,36)/b33-21-. The maximum atomic E-state index is 13.7. The van der Waals surface area contributed by atoms with Crippen molar-refractivity contribution in [2.24, 2.45) is 5.10 Å². The van der Waals surface area contributed by atoms with E-state index in [4.69, 9.17) is 4.74 Å². The van der Waals surface area contributed by atoms with E-state index >= 15 is 0 Å². The number of fused-ring (bicyclic) bond motifs is 2. The zero-order chi connectivity index (χ0) is 28.1. The summed E-state index contributed by atoms with van der Waals surface area (Å²) >= 11 is 0. The van der Waals surface area contributed by atoms with Crippen LogP contribution in [0.25, 0.3) is 21.5 Å². The van der Waals surface area contributed by atoms with Crippen molar-refractivity contribution in [2.45, 2.75) is 18.7 Å². The summed E-state index contributed by atoms with van der Waals surface area (Å²) in [5.41, 5.74) is 4.74. The second-order valence-electron chi connectivity index (χ2n) is 9.28. The smallest absolute Gasteiger partial charge is 0.264 e. The first kappa shape index (κ1) is 26.9. The van der Waals surface area contributed by atoms with Crippen LogP contribution in [0, 0.1) is 6.92 Å². The van der Waals surface area contributed by atoms with Crippen molar-refractivity contribution in [3.63, 3.8) is 0 Å². The van der Waals surface area contributed by atoms with E-state index in [1.807, 2.05) is 62.4 Å². The summed E-state index contributed by atoms with van der Waals surface area (Å²) in [7, 11) is -4.06. The molecule has 40 heavy (non-hydrogen) atoms. The Morgan fingerprint density at radius 1 is 0.875 bits per heavy atom. The molecule has 5 aromatic carbocycles. The van der Waals surface area contributed by atoms with Crippen molar-refractivity contribution >= 4 is 49.4 Å². The third kappa shape index (κ3) is 5.67. The van der Waals surface area contributed by atoms with E-state index in [1.54, 1.807) is 42.6 Å². The maximum absolute atomic E-state index is 13.7. The average molecular weight is 552 g/mol. The molecule has 202 valence electrons. The van der Waals surface area contributed by atoms with Gasteiger partial charge < -0.3 is 4.74 Å². The lowest BCUT2D eigenvalue weighted by molar-refractivity contribution is -0.119. The molecule has 0 atom stereocenters. The number of amides is 1. The summed E-state index contributed by atoms with van der Waals surface area (Å²) in [6.07, 6.45) is 1.61. The van der Waals surface area contributed by atoms with Gasteiger partial charge in [-0.2, -0.15) is 5.10 Å². The number of ether oxygens (including phenoxy) is 1. The Morgan fingerprint density at radius 2 is 1.48 bits per heavy atom. The molecule has 0 bridgehead atoms. The Kier molecular flexibility index (Phi) is 7.79. The number of rotatable bonds is 9. The van der Waals surface area contributed by atoms with Gasteiger partial charge in [0.2, 0.25) is 0 Å². The molecule has 5 rings (SSSR count). The second kappa shape index (κ2) is 11.6. The van der Waals surface area contributed by atoms with Gasteiger partial charge in [0.25, 0.3) is 15.9 Å². The van der Waals surface area contributed by atoms with Gasteiger partial charge in [0.1, 0.15) is 12.3 Å². The summed E-state index contributed by atoms with van der Waals surface area (Å²) in [6.45, 7) is 3.78. The fourth-order valence-electron chi connectivity index (χ4n) is 4.55. The van der Waals surface area contributed by atoms with Crippen LogP contribution in [-0.4, -0.2) is 33.7 Å². The lowest BCUT2D eigenvalue weighted by Gasteiger charge is -2.24. The van der Waals surface area contributed by atoms with Crippen LogP contribution >= 0.6 is 0 Å². The molecule has 0 spiro atoms. The van der Waals surface area contributed by atoms with Crippen molar-refractivity contribution in [3.8, 4) is 5.75 Å². The number of nitrogens with zero attached hydrogens (tertiary/aromatic N) is 2. The molecule has 0 aromatic heterocycles. The highest BCUT2D eigenvalue weighted by Gasteiger charge is 2.27. The molecule has 0 saturated heterocycles. The van der Waals surface area contributed by atoms with Crippen LogP contribution in [0.2, 0.25) is 0 Å². The third-order valence-electron chi connectivity index (χ3n) is 6.53. The first-order chi connectivity index (χ1) is 19.4. The van der Waals surface area contributed by atoms with Crippen LogP contribution in [0.15, 0.2) is 113 Å². The molecule has 0 aliphatic heterocycles. The zero-order valence-electron chi connectivity index (χ0n) is 22.2. The van der Waals surface area contributed by atoms with Crippen LogP contribution in [0.3, 0.4) is 0 Å². The molecule has 0 heterocycles. The summed E-state index contributed by atoms with van der Waals surface area (Å²) in [4.78, 5) is 13.1. The number of hydrogen-bond acceptors (Lipinski definition) is 5. The number of nitrogens with one attached hydrogen (secondary N) is 1. The highest BCUT2D eigenvalue weighted by molar-refractivity contribution is 7.92. The largest absolute Gasteiger partial charge is 0.494 e. The van der Waals surface area contributed by atoms with Crippen LogP contribution in [-0.2, 0) is 14.8 Å². The first-order valence-electron chi connectivity index (χ1n) is 12.9. The van der Waals surface area contributed by atoms with E-state index in [2.05, 4.69) is 16.6 Å². The monoisotopic (exact) mass is 551 g/mol. The first-order valence-corrected chi connectivity index (χ1v) is 14.4. The van der Waals surface area contributed by atoms with E-state index in [0.717, 1.165) is 37.0 Å². The Hall–Kier alpha value is -4.69. The van der Waals surface area contributed by atoms with Gasteiger partial charge in [0.15, 0.2) is 0 Å². The molecule has 0 unspecified atom stereocenters. The number of anilines is 1. The minimum Gasteiger partial charge on any atom is -0.494 e. The van der Waals surface area contributed by atoms with Gasteiger partial charge in [-0.15, -0.1) is 0 Å². The van der Waals surface area contributed by atoms with Crippen LogP contribution < -0.4 is 14.5 Å². The van der Waals surface area contributed by atoms with E-state index < -0.39 is 22.5 Å². The lowest BCUT2D eigenvalue weighted by Crippen LogP contribution is -2.39. The highest BCUT2D eigenvalue weighted by atomic mass is 32.2. The summed E-state index contributed by atoms with van der Waals surface area (Å²) in [5, 5.41) is 8.34. The van der Waals surface area contributed by atoms with Gasteiger partial charge in [-0.05, 0) is 77.9 Å². The highest BCUT2D eigenvalue weighted by Crippen LogP contribution is 2.28. The van der Waals surface area contributed by atoms with Gasteiger partial charge in [-0.3, -0.25) is 9.10 Å². The number of aryl methyl sites for hydroxylation is 1. The summed E-state index contributed by atoms with van der Waals surface area (Å²) in [6, 6.07) is 31.2. The predicted molar refractivity (Wildman–Crippen MR) is 161 cm³/mol. The van der Waals surface area contributed by atoms with Crippen molar-refractivity contribution in [3.05, 3.63) is 114 Å². The predicted octanol–water partition coefficient (Wildman–Crippen LogP) is 6.05. The Labute approximate surface area is 233 Å². The molecule has 7 nitrogen and oxygen atoms in total. The number of carbonyl (C=O) groups is 1. The quantitative estimate of drug-likeness (QED) is 0.137. The average Bonchev–Trinajstić information content (AvgIpc) is 2.96. The van der Waals surface area contributed by atoms with Gasteiger partial charge >= 0.3 is 0 Å². The van der Waals surface area contributed by atoms with Crippen molar-refractivity contribution in [2.75, 3.05) is 17.5 Å². The molecule has 1 N–H and O–H groups in total. The number of hydrazone groups is 1. The van der Waals surface area contributed by atoms with Gasteiger partial charge in [-0.1, -0.05) is 66.2 Å². The van der Waals surface area contributed by atoms with E-state index in [0.29, 0.717) is 18.0 Å². The van der Waals surface area contributed by atoms with Crippen molar-refractivity contribution in [1.82, 2.24) is 5.43 Å². The molecule has 0 aliphatic rings. The summed E-state index contributed by atoms with van der Waals surface area (Å²) < 4.78 is 33.9. The fourth-order valence-corrected chi connectivity index (χ4v) is 5.97. The lowest BCUT2D eigenvalue weighted by atomic mass is 9.97. The maximum Gasteiger partial charge on any atom is 0.264 e. The molecule has 0 fully saturated rings. The van der Waals surface area contributed by atoms with Gasteiger partial charge in [0, 0.05) is 5.56 Å².